The smallest absolute Gasteiger partial charge is 0.176 e. The van der Waals surface area contributed by atoms with Crippen LogP contribution in [0.15, 0.2) is 22.6 Å². The molecule has 104 valence electrons. The average Bonchev–Trinajstić information content (AvgIpc) is 2.78. The first kappa shape index (κ1) is 13.9. The van der Waals surface area contributed by atoms with Gasteiger partial charge in [-0.2, -0.15) is 0 Å². The van der Waals surface area contributed by atoms with Crippen molar-refractivity contribution in [1.29, 1.82) is 0 Å². The molecule has 4 nitrogen and oxygen atoms in total. The van der Waals surface area contributed by atoms with Gasteiger partial charge in [-0.05, 0) is 19.0 Å². The topological polar surface area (TPSA) is 43.6 Å². The van der Waals surface area contributed by atoms with E-state index in [1.807, 2.05) is 18.2 Å². The van der Waals surface area contributed by atoms with E-state index in [9.17, 15) is 0 Å². The molecule has 1 N–H and O–H groups in total. The van der Waals surface area contributed by atoms with Crippen LogP contribution in [0.5, 0.6) is 5.75 Å². The molecule has 0 radical (unpaired) electrons. The third kappa shape index (κ3) is 2.91. The van der Waals surface area contributed by atoms with Crippen molar-refractivity contribution in [2.45, 2.75) is 26.5 Å². The fourth-order valence-electron chi connectivity index (χ4n) is 2.18. The lowest BCUT2D eigenvalue weighted by molar-refractivity contribution is 0.183. The highest BCUT2D eigenvalue weighted by atomic mass is 16.5. The van der Waals surface area contributed by atoms with Crippen LogP contribution >= 0.6 is 0 Å². The Morgan fingerprint density at radius 3 is 2.79 bits per heavy atom. The van der Waals surface area contributed by atoms with E-state index in [-0.39, 0.29) is 0 Å². The highest BCUT2D eigenvalue weighted by Gasteiger charge is 2.16. The van der Waals surface area contributed by atoms with Crippen LogP contribution in [0.1, 0.15) is 24.7 Å². The highest BCUT2D eigenvalue weighted by Crippen LogP contribution is 2.33. The molecule has 2 rings (SSSR count). The minimum atomic E-state index is 0.545. The number of hydrogen-bond donors (Lipinski definition) is 1. The minimum absolute atomic E-state index is 0.545. The first-order valence-electron chi connectivity index (χ1n) is 6.58. The van der Waals surface area contributed by atoms with Gasteiger partial charge in [-0.1, -0.05) is 19.1 Å². The quantitative estimate of drug-likeness (QED) is 0.780. The van der Waals surface area contributed by atoms with Gasteiger partial charge in [-0.25, -0.2) is 0 Å². The van der Waals surface area contributed by atoms with Crippen molar-refractivity contribution in [2.24, 2.45) is 0 Å². The van der Waals surface area contributed by atoms with Crippen molar-refractivity contribution < 1.29 is 13.9 Å². The Labute approximate surface area is 113 Å². The van der Waals surface area contributed by atoms with Gasteiger partial charge >= 0.3 is 0 Å². The van der Waals surface area contributed by atoms with Crippen molar-refractivity contribution >= 4 is 11.0 Å². The van der Waals surface area contributed by atoms with Gasteiger partial charge in [0.2, 0.25) is 0 Å². The number of furan rings is 1. The Morgan fingerprint density at radius 2 is 2.11 bits per heavy atom. The molecule has 0 atom stereocenters. The summed E-state index contributed by atoms with van der Waals surface area (Å²) in [6, 6.07) is 5.92. The van der Waals surface area contributed by atoms with E-state index in [2.05, 4.69) is 12.2 Å². The SMILES string of the molecule is CCCNCc1oc2c(OC)cccc2c1COC. The molecule has 0 fully saturated rings. The van der Waals surface area contributed by atoms with E-state index < -0.39 is 0 Å². The number of hydrogen-bond acceptors (Lipinski definition) is 4. The van der Waals surface area contributed by atoms with Crippen LogP contribution < -0.4 is 10.1 Å². The molecule has 0 unspecified atom stereocenters. The number of para-hydroxylation sites is 1. The fraction of sp³-hybridized carbons (Fsp3) is 0.467. The van der Waals surface area contributed by atoms with E-state index in [1.54, 1.807) is 14.2 Å². The molecule has 0 spiro atoms. The van der Waals surface area contributed by atoms with E-state index >= 15 is 0 Å². The van der Waals surface area contributed by atoms with E-state index in [0.717, 1.165) is 41.0 Å². The van der Waals surface area contributed by atoms with Gasteiger partial charge in [-0.3, -0.25) is 0 Å². The van der Waals surface area contributed by atoms with Crippen molar-refractivity contribution in [2.75, 3.05) is 20.8 Å². The van der Waals surface area contributed by atoms with Crippen LogP contribution in [-0.4, -0.2) is 20.8 Å². The third-order valence-electron chi connectivity index (χ3n) is 3.09. The van der Waals surface area contributed by atoms with Gasteiger partial charge in [0.05, 0.1) is 20.3 Å². The maximum absolute atomic E-state index is 5.95. The molecule has 4 heteroatoms. The molecule has 19 heavy (non-hydrogen) atoms. The van der Waals surface area contributed by atoms with Gasteiger partial charge in [0.25, 0.3) is 0 Å². The number of methoxy groups -OCH3 is 2. The van der Waals surface area contributed by atoms with Crippen LogP contribution in [0, 0.1) is 0 Å². The zero-order valence-electron chi connectivity index (χ0n) is 11.8. The summed E-state index contributed by atoms with van der Waals surface area (Å²) >= 11 is 0. The predicted molar refractivity (Wildman–Crippen MR) is 75.5 cm³/mol. The Kier molecular flexibility index (Phi) is 4.82. The van der Waals surface area contributed by atoms with Crippen LogP contribution in [-0.2, 0) is 17.9 Å². The normalized spacial score (nSPS) is 11.1. The first-order valence-corrected chi connectivity index (χ1v) is 6.58. The summed E-state index contributed by atoms with van der Waals surface area (Å²) in [7, 11) is 3.35. The lowest BCUT2D eigenvalue weighted by atomic mass is 10.1. The summed E-state index contributed by atoms with van der Waals surface area (Å²) in [6.45, 7) is 4.37. The first-order chi connectivity index (χ1) is 9.31. The summed E-state index contributed by atoms with van der Waals surface area (Å²) in [5.74, 6) is 1.69. The lowest BCUT2D eigenvalue weighted by Gasteiger charge is -2.03. The lowest BCUT2D eigenvalue weighted by Crippen LogP contribution is -2.14. The van der Waals surface area contributed by atoms with Gasteiger partial charge in [0, 0.05) is 18.1 Å². The summed E-state index contributed by atoms with van der Waals surface area (Å²) < 4.78 is 16.6. The average molecular weight is 263 g/mol. The van der Waals surface area contributed by atoms with Crippen molar-refractivity contribution in [1.82, 2.24) is 5.32 Å². The summed E-state index contributed by atoms with van der Waals surface area (Å²) in [5, 5.41) is 4.42. The fourth-order valence-corrected chi connectivity index (χ4v) is 2.18. The van der Waals surface area contributed by atoms with Gasteiger partial charge < -0.3 is 19.2 Å². The summed E-state index contributed by atoms with van der Waals surface area (Å²) in [5.41, 5.74) is 1.89. The molecular weight excluding hydrogens is 242 g/mol. The maximum Gasteiger partial charge on any atom is 0.176 e. The number of benzene rings is 1. The van der Waals surface area contributed by atoms with Crippen molar-refractivity contribution in [3.8, 4) is 5.75 Å². The highest BCUT2D eigenvalue weighted by molar-refractivity contribution is 5.87. The molecule has 0 amide bonds. The molecule has 1 aromatic heterocycles. The second-order valence-corrected chi connectivity index (χ2v) is 4.45. The minimum Gasteiger partial charge on any atom is -0.493 e. The molecule has 1 heterocycles. The zero-order valence-corrected chi connectivity index (χ0v) is 11.8. The molecule has 1 aromatic carbocycles. The van der Waals surface area contributed by atoms with Gasteiger partial charge in [-0.15, -0.1) is 0 Å². The third-order valence-corrected chi connectivity index (χ3v) is 3.09. The van der Waals surface area contributed by atoms with Gasteiger partial charge in [0.1, 0.15) is 5.76 Å². The Balaban J connectivity index is 2.40. The van der Waals surface area contributed by atoms with Crippen LogP contribution in [0.2, 0.25) is 0 Å². The Hall–Kier alpha value is -1.52. The molecule has 2 aromatic rings. The molecule has 0 saturated heterocycles. The number of rotatable bonds is 7. The Morgan fingerprint density at radius 1 is 1.26 bits per heavy atom. The standard InChI is InChI=1S/C15H21NO3/c1-4-8-16-9-14-12(10-17-2)11-6-5-7-13(18-3)15(11)19-14/h5-7,16H,4,8-10H2,1-3H3. The van der Waals surface area contributed by atoms with Crippen molar-refractivity contribution in [3.05, 3.63) is 29.5 Å². The maximum atomic E-state index is 5.95. The number of fused-ring (bicyclic) bond motifs is 1. The summed E-state index contributed by atoms with van der Waals surface area (Å²) in [4.78, 5) is 0. The number of ether oxygens (including phenoxy) is 2. The van der Waals surface area contributed by atoms with Crippen LogP contribution in [0.4, 0.5) is 0 Å². The molecular formula is C15H21NO3. The molecule has 0 aliphatic rings. The van der Waals surface area contributed by atoms with Crippen LogP contribution in [0.3, 0.4) is 0 Å². The molecule has 0 aliphatic carbocycles. The summed E-state index contributed by atoms with van der Waals surface area (Å²) in [6.07, 6.45) is 1.10. The van der Waals surface area contributed by atoms with Crippen LogP contribution in [0.25, 0.3) is 11.0 Å². The molecule has 0 saturated carbocycles. The largest absolute Gasteiger partial charge is 0.493 e. The Bertz CT molecular complexity index is 533. The van der Waals surface area contributed by atoms with Crippen molar-refractivity contribution in [3.63, 3.8) is 0 Å². The monoisotopic (exact) mass is 263 g/mol. The number of nitrogens with one attached hydrogen (secondary N) is 1. The van der Waals surface area contributed by atoms with Gasteiger partial charge in [0.15, 0.2) is 11.3 Å². The van der Waals surface area contributed by atoms with E-state index in [4.69, 9.17) is 13.9 Å². The van der Waals surface area contributed by atoms with E-state index in [1.165, 1.54) is 0 Å². The second kappa shape index (κ2) is 6.59. The molecule has 0 bridgehead atoms. The van der Waals surface area contributed by atoms with E-state index in [0.29, 0.717) is 13.2 Å². The predicted octanol–water partition coefficient (Wildman–Crippen LogP) is 3.09. The second-order valence-electron chi connectivity index (χ2n) is 4.45. The zero-order chi connectivity index (χ0) is 13.7. The molecule has 0 aliphatic heterocycles.